The molecule has 0 aliphatic carbocycles. The van der Waals surface area contributed by atoms with Crippen molar-refractivity contribution in [2.24, 2.45) is 0 Å². The lowest BCUT2D eigenvalue weighted by Crippen LogP contribution is -2.23. The monoisotopic (exact) mass is 361 g/mol. The van der Waals surface area contributed by atoms with E-state index in [9.17, 15) is 13.2 Å². The Kier molecular flexibility index (Phi) is 4.94. The predicted octanol–water partition coefficient (Wildman–Crippen LogP) is 2.98. The van der Waals surface area contributed by atoms with Gasteiger partial charge in [-0.15, -0.1) is 0 Å². The van der Waals surface area contributed by atoms with E-state index < -0.39 is 10.1 Å². The maximum atomic E-state index is 12.4. The number of ether oxygens (including phenoxy) is 1. The SMILES string of the molecule is CCOc1ccc(OS(=O)(=O)c2ccc(N3CCCC3=O)cc2)cc1. The van der Waals surface area contributed by atoms with Crippen LogP contribution in [-0.4, -0.2) is 27.5 Å². The molecular formula is C18H19NO5S. The summed E-state index contributed by atoms with van der Waals surface area (Å²) in [6.07, 6.45) is 1.35. The molecule has 3 rings (SSSR count). The Bertz CT molecular complexity index is 844. The van der Waals surface area contributed by atoms with Crippen LogP contribution in [0.1, 0.15) is 19.8 Å². The Labute approximate surface area is 147 Å². The van der Waals surface area contributed by atoms with Gasteiger partial charge in [0.25, 0.3) is 0 Å². The van der Waals surface area contributed by atoms with Gasteiger partial charge >= 0.3 is 10.1 Å². The summed E-state index contributed by atoms with van der Waals surface area (Å²) in [4.78, 5) is 13.4. The highest BCUT2D eigenvalue weighted by Crippen LogP contribution is 2.25. The quantitative estimate of drug-likeness (QED) is 0.740. The van der Waals surface area contributed by atoms with Crippen LogP contribution in [0.3, 0.4) is 0 Å². The molecule has 1 heterocycles. The van der Waals surface area contributed by atoms with Gasteiger partial charge in [0.1, 0.15) is 16.4 Å². The standard InChI is InChI=1S/C18H19NO5S/c1-2-23-15-7-9-16(10-8-15)24-25(21,22)17-11-5-14(6-12-17)19-13-3-4-18(19)20/h5-12H,2-4,13H2,1H3. The van der Waals surface area contributed by atoms with Crippen LogP contribution < -0.4 is 13.8 Å². The zero-order chi connectivity index (χ0) is 17.9. The lowest BCUT2D eigenvalue weighted by molar-refractivity contribution is -0.117. The molecule has 25 heavy (non-hydrogen) atoms. The van der Waals surface area contributed by atoms with Gasteiger partial charge in [-0.25, -0.2) is 0 Å². The molecule has 132 valence electrons. The molecule has 1 fully saturated rings. The first kappa shape index (κ1) is 17.3. The summed E-state index contributed by atoms with van der Waals surface area (Å²) in [7, 11) is -3.94. The van der Waals surface area contributed by atoms with Gasteiger partial charge in [0.05, 0.1) is 6.61 Å². The van der Waals surface area contributed by atoms with Gasteiger partial charge < -0.3 is 13.8 Å². The Morgan fingerprint density at radius 2 is 1.64 bits per heavy atom. The summed E-state index contributed by atoms with van der Waals surface area (Å²) in [6.45, 7) is 3.06. The minimum Gasteiger partial charge on any atom is -0.494 e. The van der Waals surface area contributed by atoms with Gasteiger partial charge in [-0.3, -0.25) is 4.79 Å². The lowest BCUT2D eigenvalue weighted by atomic mass is 10.3. The van der Waals surface area contributed by atoms with E-state index in [2.05, 4.69) is 0 Å². The summed E-state index contributed by atoms with van der Waals surface area (Å²) in [5.41, 5.74) is 0.697. The number of amides is 1. The fourth-order valence-corrected chi connectivity index (χ4v) is 3.58. The number of hydrogen-bond acceptors (Lipinski definition) is 5. The number of hydrogen-bond donors (Lipinski definition) is 0. The summed E-state index contributed by atoms with van der Waals surface area (Å²) in [5, 5.41) is 0. The van der Waals surface area contributed by atoms with Crippen LogP contribution in [0.25, 0.3) is 0 Å². The van der Waals surface area contributed by atoms with Crippen molar-refractivity contribution < 1.29 is 22.1 Å². The zero-order valence-corrected chi connectivity index (χ0v) is 14.7. The molecule has 0 atom stereocenters. The van der Waals surface area contributed by atoms with Crippen LogP contribution in [0.2, 0.25) is 0 Å². The number of anilines is 1. The maximum absolute atomic E-state index is 12.4. The minimum absolute atomic E-state index is 0.0387. The molecule has 1 saturated heterocycles. The maximum Gasteiger partial charge on any atom is 0.339 e. The van der Waals surface area contributed by atoms with E-state index in [1.807, 2.05) is 6.92 Å². The van der Waals surface area contributed by atoms with E-state index in [0.717, 1.165) is 6.42 Å². The largest absolute Gasteiger partial charge is 0.494 e. The number of carbonyl (C=O) groups is 1. The first-order valence-electron chi connectivity index (χ1n) is 8.07. The van der Waals surface area contributed by atoms with E-state index >= 15 is 0 Å². The Balaban J connectivity index is 1.74. The van der Waals surface area contributed by atoms with Crippen molar-refractivity contribution in [1.82, 2.24) is 0 Å². The molecule has 2 aromatic rings. The molecule has 1 aliphatic heterocycles. The molecule has 2 aromatic carbocycles. The molecule has 1 aliphatic rings. The Morgan fingerprint density at radius 3 is 2.20 bits per heavy atom. The van der Waals surface area contributed by atoms with E-state index in [-0.39, 0.29) is 16.6 Å². The van der Waals surface area contributed by atoms with Crippen LogP contribution in [-0.2, 0) is 14.9 Å². The van der Waals surface area contributed by atoms with Crippen molar-refractivity contribution in [2.45, 2.75) is 24.7 Å². The molecule has 0 N–H and O–H groups in total. The molecule has 0 bridgehead atoms. The third-order valence-corrected chi connectivity index (χ3v) is 5.11. The normalized spacial score (nSPS) is 14.6. The summed E-state index contributed by atoms with van der Waals surface area (Å²) in [5.74, 6) is 0.912. The van der Waals surface area contributed by atoms with E-state index in [1.54, 1.807) is 41.3 Å². The van der Waals surface area contributed by atoms with Gasteiger partial charge in [-0.1, -0.05) is 0 Å². The third-order valence-electron chi connectivity index (χ3n) is 3.85. The van der Waals surface area contributed by atoms with Gasteiger partial charge in [-0.05, 0) is 61.9 Å². The van der Waals surface area contributed by atoms with Crippen molar-refractivity contribution in [3.63, 3.8) is 0 Å². The Hall–Kier alpha value is -2.54. The first-order chi connectivity index (χ1) is 12.0. The van der Waals surface area contributed by atoms with Crippen molar-refractivity contribution in [3.8, 4) is 11.5 Å². The second-order valence-corrected chi connectivity index (χ2v) is 7.13. The highest BCUT2D eigenvalue weighted by molar-refractivity contribution is 7.87. The van der Waals surface area contributed by atoms with Crippen LogP contribution in [0, 0.1) is 0 Å². The second kappa shape index (κ2) is 7.14. The fraction of sp³-hybridized carbons (Fsp3) is 0.278. The molecule has 0 aromatic heterocycles. The predicted molar refractivity (Wildman–Crippen MR) is 93.5 cm³/mol. The fourth-order valence-electron chi connectivity index (χ4n) is 2.65. The third kappa shape index (κ3) is 3.93. The van der Waals surface area contributed by atoms with E-state index in [4.69, 9.17) is 8.92 Å². The van der Waals surface area contributed by atoms with Gasteiger partial charge in [0, 0.05) is 18.7 Å². The smallest absolute Gasteiger partial charge is 0.339 e. The Morgan fingerprint density at radius 1 is 1.00 bits per heavy atom. The first-order valence-corrected chi connectivity index (χ1v) is 9.48. The van der Waals surface area contributed by atoms with Crippen molar-refractivity contribution in [2.75, 3.05) is 18.1 Å². The average molecular weight is 361 g/mol. The zero-order valence-electron chi connectivity index (χ0n) is 13.8. The molecular weight excluding hydrogens is 342 g/mol. The number of nitrogens with zero attached hydrogens (tertiary/aromatic N) is 1. The van der Waals surface area contributed by atoms with Crippen LogP contribution in [0.5, 0.6) is 11.5 Å². The van der Waals surface area contributed by atoms with Gasteiger partial charge in [0.15, 0.2) is 0 Å². The molecule has 6 nitrogen and oxygen atoms in total. The molecule has 0 saturated carbocycles. The van der Waals surface area contributed by atoms with Crippen LogP contribution in [0.15, 0.2) is 53.4 Å². The summed E-state index contributed by atoms with van der Waals surface area (Å²) >= 11 is 0. The second-order valence-electron chi connectivity index (χ2n) is 5.58. The molecule has 0 radical (unpaired) electrons. The van der Waals surface area contributed by atoms with Gasteiger partial charge in [-0.2, -0.15) is 8.42 Å². The van der Waals surface area contributed by atoms with Crippen molar-refractivity contribution in [3.05, 3.63) is 48.5 Å². The average Bonchev–Trinajstić information content (AvgIpc) is 3.03. The van der Waals surface area contributed by atoms with E-state index in [0.29, 0.717) is 31.0 Å². The molecule has 7 heteroatoms. The number of carbonyl (C=O) groups excluding carboxylic acids is 1. The topological polar surface area (TPSA) is 72.9 Å². The minimum atomic E-state index is -3.94. The molecule has 0 unspecified atom stereocenters. The van der Waals surface area contributed by atoms with Crippen molar-refractivity contribution in [1.29, 1.82) is 0 Å². The van der Waals surface area contributed by atoms with Crippen LogP contribution in [0.4, 0.5) is 5.69 Å². The summed E-state index contributed by atoms with van der Waals surface area (Å²) in [6, 6.07) is 12.5. The highest BCUT2D eigenvalue weighted by Gasteiger charge is 2.23. The van der Waals surface area contributed by atoms with E-state index in [1.165, 1.54) is 12.1 Å². The number of benzene rings is 2. The summed E-state index contributed by atoms with van der Waals surface area (Å²) < 4.78 is 35.2. The lowest BCUT2D eigenvalue weighted by Gasteiger charge is -2.16. The molecule has 1 amide bonds. The number of rotatable bonds is 6. The molecule has 0 spiro atoms. The highest BCUT2D eigenvalue weighted by atomic mass is 32.2. The van der Waals surface area contributed by atoms with Crippen LogP contribution >= 0.6 is 0 Å². The van der Waals surface area contributed by atoms with Gasteiger partial charge in [0.2, 0.25) is 5.91 Å². The van der Waals surface area contributed by atoms with Crippen molar-refractivity contribution >= 4 is 21.7 Å².